The van der Waals surface area contributed by atoms with Gasteiger partial charge in [0.05, 0.1) is 11.6 Å². The third-order valence-corrected chi connectivity index (χ3v) is 5.29. The minimum absolute atomic E-state index is 0.0184. The van der Waals surface area contributed by atoms with E-state index in [9.17, 15) is 9.59 Å². The molecular formula is C20H23ClN4O2. The number of rotatable bonds is 5. The Kier molecular flexibility index (Phi) is 5.96. The third kappa shape index (κ3) is 4.57. The van der Waals surface area contributed by atoms with Crippen molar-refractivity contribution in [2.45, 2.75) is 25.9 Å². The van der Waals surface area contributed by atoms with Crippen molar-refractivity contribution in [1.82, 2.24) is 14.8 Å². The highest BCUT2D eigenvalue weighted by Gasteiger charge is 2.30. The van der Waals surface area contributed by atoms with Gasteiger partial charge in [-0.3, -0.25) is 9.59 Å². The fourth-order valence-electron chi connectivity index (χ4n) is 3.13. The van der Waals surface area contributed by atoms with Crippen LogP contribution in [0.2, 0.25) is 5.02 Å². The summed E-state index contributed by atoms with van der Waals surface area (Å²) in [6.07, 6.45) is 2.38. The maximum atomic E-state index is 12.7. The van der Waals surface area contributed by atoms with Crippen LogP contribution < -0.4 is 5.32 Å². The van der Waals surface area contributed by atoms with Crippen LogP contribution in [0.1, 0.15) is 29.3 Å². The second-order valence-corrected chi connectivity index (χ2v) is 7.11. The highest BCUT2D eigenvalue weighted by atomic mass is 35.5. The maximum Gasteiger partial charge on any atom is 0.255 e. The van der Waals surface area contributed by atoms with E-state index in [-0.39, 0.29) is 17.9 Å². The van der Waals surface area contributed by atoms with Gasteiger partial charge in [0.1, 0.15) is 5.82 Å². The molecule has 1 N–H and O–H groups in total. The van der Waals surface area contributed by atoms with Gasteiger partial charge in [-0.05, 0) is 30.2 Å². The SMILES string of the molecule is CC(=O)N(C)[C@H]1CCN(C(=O)c2ccc(NCc3ccccc3Cl)nc2)C1. The summed E-state index contributed by atoms with van der Waals surface area (Å²) in [4.78, 5) is 32.0. The van der Waals surface area contributed by atoms with E-state index in [4.69, 9.17) is 11.6 Å². The Balaban J connectivity index is 1.58. The van der Waals surface area contributed by atoms with Crippen molar-refractivity contribution in [2.75, 3.05) is 25.5 Å². The van der Waals surface area contributed by atoms with Gasteiger partial charge in [0.15, 0.2) is 0 Å². The molecule has 1 aliphatic heterocycles. The van der Waals surface area contributed by atoms with Crippen molar-refractivity contribution in [3.63, 3.8) is 0 Å². The lowest BCUT2D eigenvalue weighted by Gasteiger charge is -2.23. The third-order valence-electron chi connectivity index (χ3n) is 4.92. The van der Waals surface area contributed by atoms with E-state index >= 15 is 0 Å². The fourth-order valence-corrected chi connectivity index (χ4v) is 3.34. The van der Waals surface area contributed by atoms with Crippen molar-refractivity contribution < 1.29 is 9.59 Å². The quantitative estimate of drug-likeness (QED) is 0.857. The number of pyridine rings is 1. The average molecular weight is 387 g/mol. The summed E-state index contributed by atoms with van der Waals surface area (Å²) in [5, 5.41) is 3.91. The zero-order chi connectivity index (χ0) is 19.4. The van der Waals surface area contributed by atoms with Gasteiger partial charge in [-0.25, -0.2) is 4.98 Å². The number of carbonyl (C=O) groups excluding carboxylic acids is 2. The molecule has 0 aliphatic carbocycles. The van der Waals surface area contributed by atoms with Crippen LogP contribution in [0.15, 0.2) is 42.6 Å². The Bertz CT molecular complexity index is 825. The molecule has 1 fully saturated rings. The van der Waals surface area contributed by atoms with Crippen LogP contribution in [0.4, 0.5) is 5.82 Å². The predicted octanol–water partition coefficient (Wildman–Crippen LogP) is 3.04. The number of nitrogens with zero attached hydrogens (tertiary/aromatic N) is 3. The highest BCUT2D eigenvalue weighted by molar-refractivity contribution is 6.31. The molecule has 7 heteroatoms. The van der Waals surface area contributed by atoms with E-state index in [0.717, 1.165) is 12.0 Å². The van der Waals surface area contributed by atoms with E-state index in [1.54, 1.807) is 42.1 Å². The fraction of sp³-hybridized carbons (Fsp3) is 0.350. The van der Waals surface area contributed by atoms with Crippen LogP contribution in [-0.2, 0) is 11.3 Å². The molecule has 6 nitrogen and oxygen atoms in total. The number of benzene rings is 1. The number of anilines is 1. The Labute approximate surface area is 164 Å². The number of amides is 2. The monoisotopic (exact) mass is 386 g/mol. The standard InChI is InChI=1S/C20H23ClN4O2/c1-14(26)24(2)17-9-10-25(13-17)20(27)16-7-8-19(23-12-16)22-11-15-5-3-4-6-18(15)21/h3-8,12,17H,9-11,13H2,1-2H3,(H,22,23)/t17-/m0/s1. The molecule has 0 saturated carbocycles. The zero-order valence-corrected chi connectivity index (χ0v) is 16.2. The number of hydrogen-bond donors (Lipinski definition) is 1. The van der Waals surface area contributed by atoms with Gasteiger partial charge in [0, 0.05) is 44.8 Å². The predicted molar refractivity (Wildman–Crippen MR) is 106 cm³/mol. The molecule has 0 unspecified atom stereocenters. The molecule has 27 heavy (non-hydrogen) atoms. The lowest BCUT2D eigenvalue weighted by molar-refractivity contribution is -0.129. The molecule has 0 bridgehead atoms. The summed E-state index contributed by atoms with van der Waals surface area (Å²) in [5.41, 5.74) is 1.53. The van der Waals surface area contributed by atoms with Crippen molar-refractivity contribution in [1.29, 1.82) is 0 Å². The first-order valence-electron chi connectivity index (χ1n) is 8.91. The topological polar surface area (TPSA) is 65.5 Å². The zero-order valence-electron chi connectivity index (χ0n) is 15.5. The second-order valence-electron chi connectivity index (χ2n) is 6.70. The first-order chi connectivity index (χ1) is 13.0. The second kappa shape index (κ2) is 8.39. The van der Waals surface area contributed by atoms with Crippen LogP contribution in [0.3, 0.4) is 0 Å². The average Bonchev–Trinajstić information content (AvgIpc) is 3.16. The van der Waals surface area contributed by atoms with Gasteiger partial charge in [0.25, 0.3) is 5.91 Å². The smallest absolute Gasteiger partial charge is 0.255 e. The summed E-state index contributed by atoms with van der Waals surface area (Å²) in [6.45, 7) is 3.31. The molecule has 1 saturated heterocycles. The number of carbonyl (C=O) groups is 2. The number of hydrogen-bond acceptors (Lipinski definition) is 4. The number of halogens is 1. The van der Waals surface area contributed by atoms with Gasteiger partial charge in [0.2, 0.25) is 5.91 Å². The van der Waals surface area contributed by atoms with Gasteiger partial charge < -0.3 is 15.1 Å². The summed E-state index contributed by atoms with van der Waals surface area (Å²) in [6, 6.07) is 11.3. The molecule has 1 aromatic heterocycles. The Morgan fingerprint density at radius 1 is 1.30 bits per heavy atom. The minimum atomic E-state index is -0.0559. The number of aromatic nitrogens is 1. The Hall–Kier alpha value is -2.60. The largest absolute Gasteiger partial charge is 0.366 e. The Morgan fingerprint density at radius 2 is 2.07 bits per heavy atom. The number of likely N-dealkylation sites (N-methyl/N-ethyl adjacent to an activating group) is 1. The minimum Gasteiger partial charge on any atom is -0.366 e. The molecule has 2 amide bonds. The first-order valence-corrected chi connectivity index (χ1v) is 9.29. The van der Waals surface area contributed by atoms with E-state index < -0.39 is 0 Å². The van der Waals surface area contributed by atoms with E-state index in [1.807, 2.05) is 24.3 Å². The summed E-state index contributed by atoms with van der Waals surface area (Å²) in [5.74, 6) is 0.645. The molecule has 142 valence electrons. The molecule has 2 heterocycles. The lowest BCUT2D eigenvalue weighted by Crippen LogP contribution is -2.38. The molecule has 1 aromatic carbocycles. The number of likely N-dealkylation sites (tertiary alicyclic amines) is 1. The van der Waals surface area contributed by atoms with Crippen LogP contribution in [-0.4, -0.2) is 52.8 Å². The molecule has 1 atom stereocenters. The molecule has 0 spiro atoms. The lowest BCUT2D eigenvalue weighted by atomic mass is 10.2. The molecule has 0 radical (unpaired) electrons. The van der Waals surface area contributed by atoms with Crippen LogP contribution in [0.5, 0.6) is 0 Å². The van der Waals surface area contributed by atoms with Crippen LogP contribution in [0, 0.1) is 0 Å². The van der Waals surface area contributed by atoms with E-state index in [2.05, 4.69) is 10.3 Å². The molecule has 2 aromatic rings. The number of nitrogens with one attached hydrogen (secondary N) is 1. The van der Waals surface area contributed by atoms with Gasteiger partial charge >= 0.3 is 0 Å². The van der Waals surface area contributed by atoms with Crippen molar-refractivity contribution in [3.8, 4) is 0 Å². The first kappa shape index (κ1) is 19.2. The van der Waals surface area contributed by atoms with E-state index in [0.29, 0.717) is 36.0 Å². The van der Waals surface area contributed by atoms with Crippen LogP contribution in [0.25, 0.3) is 0 Å². The normalized spacial score (nSPS) is 16.3. The van der Waals surface area contributed by atoms with E-state index in [1.165, 1.54) is 0 Å². The van der Waals surface area contributed by atoms with Crippen molar-refractivity contribution >= 4 is 29.2 Å². The summed E-state index contributed by atoms with van der Waals surface area (Å²) >= 11 is 6.15. The highest BCUT2D eigenvalue weighted by Crippen LogP contribution is 2.19. The maximum absolute atomic E-state index is 12.7. The van der Waals surface area contributed by atoms with Crippen molar-refractivity contribution in [2.24, 2.45) is 0 Å². The Morgan fingerprint density at radius 3 is 2.74 bits per heavy atom. The molecular weight excluding hydrogens is 364 g/mol. The van der Waals surface area contributed by atoms with Gasteiger partial charge in [-0.2, -0.15) is 0 Å². The summed E-state index contributed by atoms with van der Waals surface area (Å²) < 4.78 is 0. The van der Waals surface area contributed by atoms with Gasteiger partial charge in [-0.1, -0.05) is 29.8 Å². The van der Waals surface area contributed by atoms with Crippen LogP contribution >= 0.6 is 11.6 Å². The molecule has 3 rings (SSSR count). The molecule has 1 aliphatic rings. The van der Waals surface area contributed by atoms with Crippen molar-refractivity contribution in [3.05, 3.63) is 58.7 Å². The summed E-state index contributed by atoms with van der Waals surface area (Å²) in [7, 11) is 1.78. The van der Waals surface area contributed by atoms with Gasteiger partial charge in [-0.15, -0.1) is 0 Å².